The molecule has 1 aliphatic heterocycles. The largest absolute Gasteiger partial charge is 0.343 e. The lowest BCUT2D eigenvalue weighted by Crippen LogP contribution is -2.45. The highest BCUT2D eigenvalue weighted by molar-refractivity contribution is 5.96. The van der Waals surface area contributed by atoms with Crippen molar-refractivity contribution in [3.8, 4) is 0 Å². The van der Waals surface area contributed by atoms with Gasteiger partial charge in [-0.25, -0.2) is 0 Å². The lowest BCUT2D eigenvalue weighted by molar-refractivity contribution is -0.121. The summed E-state index contributed by atoms with van der Waals surface area (Å²) in [6.45, 7) is 2.24. The van der Waals surface area contributed by atoms with Crippen LogP contribution in [0, 0.1) is 0 Å². The van der Waals surface area contributed by atoms with E-state index in [9.17, 15) is 14.4 Å². The summed E-state index contributed by atoms with van der Waals surface area (Å²) in [5.74, 6) is 0.752. The summed E-state index contributed by atoms with van der Waals surface area (Å²) >= 11 is 0. The van der Waals surface area contributed by atoms with Gasteiger partial charge in [-0.1, -0.05) is 30.8 Å². The summed E-state index contributed by atoms with van der Waals surface area (Å²) in [6, 6.07) is 7.29. The zero-order valence-corrected chi connectivity index (χ0v) is 19.1. The molecule has 0 atom stereocenters. The zero-order valence-electron chi connectivity index (χ0n) is 19.1. The molecular formula is C24H31N5O4. The average molecular weight is 454 g/mol. The minimum absolute atomic E-state index is 0.109. The van der Waals surface area contributed by atoms with Crippen LogP contribution in [-0.2, 0) is 26.3 Å². The molecule has 33 heavy (non-hydrogen) atoms. The van der Waals surface area contributed by atoms with Gasteiger partial charge in [-0.05, 0) is 43.5 Å². The van der Waals surface area contributed by atoms with Gasteiger partial charge >= 0.3 is 0 Å². The molecule has 0 radical (unpaired) electrons. The molecule has 0 bridgehead atoms. The van der Waals surface area contributed by atoms with E-state index in [2.05, 4.69) is 20.8 Å². The molecule has 1 aromatic carbocycles. The van der Waals surface area contributed by atoms with Crippen molar-refractivity contribution in [2.45, 2.75) is 76.7 Å². The number of nitrogens with zero attached hydrogens (tertiary/aromatic N) is 3. The fourth-order valence-electron chi connectivity index (χ4n) is 4.71. The molecule has 2 aliphatic rings. The number of amides is 3. The smallest absolute Gasteiger partial charge is 0.227 e. The van der Waals surface area contributed by atoms with Gasteiger partial charge in [0.15, 0.2) is 5.82 Å². The number of rotatable bonds is 7. The Bertz CT molecular complexity index is 993. The van der Waals surface area contributed by atoms with Gasteiger partial charge in [0, 0.05) is 44.1 Å². The van der Waals surface area contributed by atoms with Crippen LogP contribution in [0.2, 0.25) is 0 Å². The van der Waals surface area contributed by atoms with Crippen LogP contribution in [0.25, 0.3) is 0 Å². The number of hydrogen-bond acceptors (Lipinski definition) is 6. The summed E-state index contributed by atoms with van der Waals surface area (Å²) in [5, 5.41) is 10.1. The Morgan fingerprint density at radius 2 is 1.82 bits per heavy atom. The Morgan fingerprint density at radius 1 is 1.09 bits per heavy atom. The minimum Gasteiger partial charge on any atom is -0.343 e. The third-order valence-corrected chi connectivity index (χ3v) is 6.37. The van der Waals surface area contributed by atoms with Crippen LogP contribution in [0.15, 0.2) is 28.8 Å². The summed E-state index contributed by atoms with van der Waals surface area (Å²) < 4.78 is 5.42. The second-order valence-corrected chi connectivity index (χ2v) is 8.93. The van der Waals surface area contributed by atoms with E-state index >= 15 is 0 Å². The fraction of sp³-hybridized carbons (Fsp3) is 0.542. The second kappa shape index (κ2) is 10.1. The van der Waals surface area contributed by atoms with Crippen LogP contribution in [0.5, 0.6) is 0 Å². The molecular weight excluding hydrogens is 422 g/mol. The Kier molecular flexibility index (Phi) is 7.05. The van der Waals surface area contributed by atoms with Crippen LogP contribution in [-0.4, -0.2) is 34.4 Å². The van der Waals surface area contributed by atoms with E-state index in [1.165, 1.54) is 6.92 Å². The van der Waals surface area contributed by atoms with Gasteiger partial charge in [-0.3, -0.25) is 14.4 Å². The van der Waals surface area contributed by atoms with Crippen molar-refractivity contribution in [3.05, 3.63) is 36.0 Å². The van der Waals surface area contributed by atoms with Gasteiger partial charge < -0.3 is 20.1 Å². The molecule has 9 heteroatoms. The molecule has 1 saturated carbocycles. The molecule has 1 aliphatic carbocycles. The number of aromatic nitrogens is 2. The van der Waals surface area contributed by atoms with Gasteiger partial charge in [-0.2, -0.15) is 4.98 Å². The summed E-state index contributed by atoms with van der Waals surface area (Å²) in [4.78, 5) is 42.4. The number of benzene rings is 1. The van der Waals surface area contributed by atoms with Crippen LogP contribution >= 0.6 is 0 Å². The third-order valence-electron chi connectivity index (χ3n) is 6.37. The average Bonchev–Trinajstić information content (AvgIpc) is 3.38. The van der Waals surface area contributed by atoms with E-state index in [1.807, 2.05) is 12.1 Å². The van der Waals surface area contributed by atoms with Crippen LogP contribution < -0.4 is 15.5 Å². The number of carbonyl (C=O) groups excluding carboxylic acids is 3. The van der Waals surface area contributed by atoms with Crippen LogP contribution in [0.3, 0.4) is 0 Å². The van der Waals surface area contributed by atoms with Gasteiger partial charge in [-0.15, -0.1) is 0 Å². The summed E-state index contributed by atoms with van der Waals surface area (Å²) in [5.41, 5.74) is 0.926. The summed E-state index contributed by atoms with van der Waals surface area (Å²) in [7, 11) is 0. The SMILES string of the molecule is CC(=O)NC1(c2noc(CCC(=O)Nc3ccc(N4CCCC4=O)cc3)n2)CCCCCC1. The Balaban J connectivity index is 1.33. The van der Waals surface area contributed by atoms with E-state index in [0.717, 1.165) is 57.2 Å². The maximum Gasteiger partial charge on any atom is 0.227 e. The first kappa shape index (κ1) is 22.9. The molecule has 0 spiro atoms. The lowest BCUT2D eigenvalue weighted by Gasteiger charge is -2.30. The number of nitrogens with one attached hydrogen (secondary N) is 2. The quantitative estimate of drug-likeness (QED) is 0.620. The highest BCUT2D eigenvalue weighted by atomic mass is 16.5. The molecule has 3 amide bonds. The van der Waals surface area contributed by atoms with E-state index in [-0.39, 0.29) is 24.1 Å². The van der Waals surface area contributed by atoms with Gasteiger partial charge in [0.2, 0.25) is 23.6 Å². The standard InChI is InChI=1S/C24H31N5O4/c1-17(30)27-24(14-4-2-3-5-15-24)23-26-21(33-28-23)13-12-20(31)25-18-8-10-19(11-9-18)29-16-6-7-22(29)32/h8-11H,2-7,12-16H2,1H3,(H,25,31)(H,27,30). The second-order valence-electron chi connectivity index (χ2n) is 8.93. The van der Waals surface area contributed by atoms with E-state index in [0.29, 0.717) is 30.2 Å². The molecule has 2 aromatic rings. The maximum absolute atomic E-state index is 12.4. The minimum atomic E-state index is -0.592. The molecule has 2 heterocycles. The first-order valence-electron chi connectivity index (χ1n) is 11.8. The predicted molar refractivity (Wildman–Crippen MR) is 122 cm³/mol. The molecule has 2 N–H and O–H groups in total. The maximum atomic E-state index is 12.4. The molecule has 2 fully saturated rings. The number of aryl methyl sites for hydroxylation is 1. The molecule has 0 unspecified atom stereocenters. The lowest BCUT2D eigenvalue weighted by atomic mass is 9.89. The molecule has 1 aromatic heterocycles. The number of hydrogen-bond donors (Lipinski definition) is 2. The van der Waals surface area contributed by atoms with Crippen molar-refractivity contribution >= 4 is 29.1 Å². The first-order valence-corrected chi connectivity index (χ1v) is 11.8. The van der Waals surface area contributed by atoms with E-state index in [1.54, 1.807) is 17.0 Å². The molecule has 9 nitrogen and oxygen atoms in total. The van der Waals surface area contributed by atoms with Crippen molar-refractivity contribution in [2.24, 2.45) is 0 Å². The zero-order chi connectivity index (χ0) is 23.3. The molecule has 176 valence electrons. The fourth-order valence-corrected chi connectivity index (χ4v) is 4.71. The van der Waals surface area contributed by atoms with Crippen molar-refractivity contribution in [2.75, 3.05) is 16.8 Å². The molecule has 4 rings (SSSR count). The number of anilines is 2. The topological polar surface area (TPSA) is 117 Å². The van der Waals surface area contributed by atoms with Crippen molar-refractivity contribution < 1.29 is 18.9 Å². The van der Waals surface area contributed by atoms with Crippen molar-refractivity contribution in [1.29, 1.82) is 0 Å². The first-order chi connectivity index (χ1) is 15.9. The Morgan fingerprint density at radius 3 is 2.45 bits per heavy atom. The van der Waals surface area contributed by atoms with Gasteiger partial charge in [0.05, 0.1) is 0 Å². The molecule has 1 saturated heterocycles. The van der Waals surface area contributed by atoms with Crippen LogP contribution in [0.4, 0.5) is 11.4 Å². The highest BCUT2D eigenvalue weighted by Gasteiger charge is 2.38. The predicted octanol–water partition coefficient (Wildman–Crippen LogP) is 3.45. The Hall–Kier alpha value is -3.23. The van der Waals surface area contributed by atoms with Crippen molar-refractivity contribution in [3.63, 3.8) is 0 Å². The van der Waals surface area contributed by atoms with Crippen LogP contribution in [0.1, 0.15) is 76.4 Å². The van der Waals surface area contributed by atoms with Crippen molar-refractivity contribution in [1.82, 2.24) is 15.5 Å². The summed E-state index contributed by atoms with van der Waals surface area (Å²) in [6.07, 6.45) is 7.78. The Labute approximate surface area is 193 Å². The van der Waals surface area contributed by atoms with E-state index < -0.39 is 5.54 Å². The van der Waals surface area contributed by atoms with Gasteiger partial charge in [0.1, 0.15) is 5.54 Å². The van der Waals surface area contributed by atoms with Gasteiger partial charge in [0.25, 0.3) is 0 Å². The highest BCUT2D eigenvalue weighted by Crippen LogP contribution is 2.34. The third kappa shape index (κ3) is 5.58. The monoisotopic (exact) mass is 453 g/mol. The normalized spacial score (nSPS) is 18.1. The van der Waals surface area contributed by atoms with E-state index in [4.69, 9.17) is 4.52 Å². The number of carbonyl (C=O) groups is 3.